The van der Waals surface area contributed by atoms with E-state index in [0.29, 0.717) is 0 Å². The van der Waals surface area contributed by atoms with Crippen molar-refractivity contribution in [1.29, 1.82) is 0 Å². The van der Waals surface area contributed by atoms with Gasteiger partial charge in [-0.25, -0.2) is 14.8 Å². The molecule has 110 valence electrons. The van der Waals surface area contributed by atoms with Crippen molar-refractivity contribution in [3.8, 4) is 0 Å². The Hall–Kier alpha value is -1.63. The average Bonchev–Trinajstić information content (AvgIpc) is 2.74. The van der Waals surface area contributed by atoms with Crippen molar-refractivity contribution in [2.75, 3.05) is 0 Å². The summed E-state index contributed by atoms with van der Waals surface area (Å²) in [5, 5.41) is 4.08. The maximum absolute atomic E-state index is 13.4. The summed E-state index contributed by atoms with van der Waals surface area (Å²) in [5.74, 6) is -1.01. The van der Waals surface area contributed by atoms with Gasteiger partial charge in [-0.2, -0.15) is 5.10 Å². The Bertz CT molecular complexity index is 682. The van der Waals surface area contributed by atoms with Gasteiger partial charge >= 0.3 is 0 Å². The van der Waals surface area contributed by atoms with Crippen LogP contribution in [0, 0.1) is 5.82 Å². The molecule has 9 heteroatoms. The lowest BCUT2D eigenvalue weighted by Gasteiger charge is -2.03. The Morgan fingerprint density at radius 1 is 1.43 bits per heavy atom. The van der Waals surface area contributed by atoms with Gasteiger partial charge in [0.1, 0.15) is 17.5 Å². The minimum atomic E-state index is -0.537. The molecule has 0 spiro atoms. The molecule has 0 aliphatic rings. The summed E-state index contributed by atoms with van der Waals surface area (Å²) in [6.07, 6.45) is 2.44. The molecule has 0 atom stereocenters. The molecule has 2 aromatic rings. The third-order valence-corrected chi connectivity index (χ3v) is 3.53. The van der Waals surface area contributed by atoms with E-state index in [1.807, 2.05) is 0 Å². The van der Waals surface area contributed by atoms with E-state index in [1.54, 1.807) is 0 Å². The molecule has 2 rings (SSSR count). The molecule has 0 saturated carbocycles. The van der Waals surface area contributed by atoms with Gasteiger partial charge in [-0.3, -0.25) is 4.79 Å². The predicted molar refractivity (Wildman–Crippen MR) is 79.4 cm³/mol. The lowest BCUT2D eigenvalue weighted by Crippen LogP contribution is -2.23. The minimum absolute atomic E-state index is 0.0863. The number of hydrogen-bond acceptors (Lipinski definition) is 3. The zero-order chi connectivity index (χ0) is 15.4. The fourth-order valence-electron chi connectivity index (χ4n) is 1.45. The van der Waals surface area contributed by atoms with Crippen LogP contribution < -0.4 is 5.43 Å². The van der Waals surface area contributed by atoms with Crippen molar-refractivity contribution in [1.82, 2.24) is 15.0 Å². The molecule has 0 fully saturated rings. The topological polar surface area (TPSA) is 59.3 Å². The third-order valence-electron chi connectivity index (χ3n) is 2.43. The number of hydrazone groups is 1. The van der Waals surface area contributed by atoms with E-state index >= 15 is 0 Å². The number of amides is 1. The summed E-state index contributed by atoms with van der Waals surface area (Å²) in [7, 11) is 0. The maximum atomic E-state index is 13.4. The summed E-state index contributed by atoms with van der Waals surface area (Å²) in [6.45, 7) is -0.124. The molecule has 0 bridgehead atoms. The number of imidazole rings is 1. The molecule has 1 aromatic carbocycles. The quantitative estimate of drug-likeness (QED) is 0.681. The van der Waals surface area contributed by atoms with Gasteiger partial charge in [0.15, 0.2) is 5.15 Å². The van der Waals surface area contributed by atoms with Crippen molar-refractivity contribution in [3.63, 3.8) is 0 Å². The highest BCUT2D eigenvalue weighted by atomic mass is 35.5. The largest absolute Gasteiger partial charge is 0.311 e. The number of rotatable bonds is 4. The van der Waals surface area contributed by atoms with Crippen LogP contribution in [0.4, 0.5) is 4.39 Å². The zero-order valence-corrected chi connectivity index (χ0v) is 12.6. The fraction of sp³-hybridized carbons (Fsp3) is 0.0833. The van der Waals surface area contributed by atoms with Gasteiger partial charge in [0.2, 0.25) is 0 Å². The van der Waals surface area contributed by atoms with E-state index in [1.165, 1.54) is 29.1 Å². The second-order valence-electron chi connectivity index (χ2n) is 3.88. The molecular formula is C12H8Cl3FN4O. The summed E-state index contributed by atoms with van der Waals surface area (Å²) in [6, 6.07) is 4.22. The predicted octanol–water partition coefficient (Wildman–Crippen LogP) is 3.13. The van der Waals surface area contributed by atoms with Crippen molar-refractivity contribution < 1.29 is 9.18 Å². The molecule has 1 heterocycles. The Balaban J connectivity index is 1.98. The normalized spacial score (nSPS) is 11.0. The second-order valence-corrected chi connectivity index (χ2v) is 5.01. The highest BCUT2D eigenvalue weighted by molar-refractivity contribution is 6.40. The summed E-state index contributed by atoms with van der Waals surface area (Å²) >= 11 is 17.3. The van der Waals surface area contributed by atoms with E-state index in [4.69, 9.17) is 34.8 Å². The standard InChI is InChI=1S/C12H8Cl3FN4O/c13-8-2-1-3-9(16)7(8)4-18-19-10(21)5-20-6-17-11(14)12(20)15/h1-4,6H,5H2,(H,19,21)/b18-4+. The SMILES string of the molecule is O=C(Cn1cnc(Cl)c1Cl)N/N=C/c1c(F)cccc1Cl. The first kappa shape index (κ1) is 15.8. The highest BCUT2D eigenvalue weighted by Crippen LogP contribution is 2.19. The molecule has 1 aromatic heterocycles. The first-order chi connectivity index (χ1) is 9.99. The molecular weight excluding hydrogens is 342 g/mol. The van der Waals surface area contributed by atoms with Crippen molar-refractivity contribution in [3.05, 3.63) is 51.2 Å². The van der Waals surface area contributed by atoms with Crippen LogP contribution in [0.1, 0.15) is 5.56 Å². The lowest BCUT2D eigenvalue weighted by molar-refractivity contribution is -0.121. The van der Waals surface area contributed by atoms with Crippen LogP contribution >= 0.6 is 34.8 Å². The molecule has 0 radical (unpaired) electrons. The van der Waals surface area contributed by atoms with E-state index in [2.05, 4.69) is 15.5 Å². The molecule has 1 amide bonds. The Morgan fingerprint density at radius 2 is 2.19 bits per heavy atom. The third kappa shape index (κ3) is 3.93. The number of halogens is 4. The lowest BCUT2D eigenvalue weighted by atomic mass is 10.2. The van der Waals surface area contributed by atoms with Gasteiger partial charge in [0.05, 0.1) is 17.6 Å². The molecule has 0 unspecified atom stereocenters. The van der Waals surface area contributed by atoms with E-state index < -0.39 is 11.7 Å². The first-order valence-electron chi connectivity index (χ1n) is 5.61. The number of carbonyl (C=O) groups is 1. The van der Waals surface area contributed by atoms with Crippen LogP contribution in [0.25, 0.3) is 0 Å². The first-order valence-corrected chi connectivity index (χ1v) is 6.74. The van der Waals surface area contributed by atoms with Crippen molar-refractivity contribution in [2.45, 2.75) is 6.54 Å². The summed E-state index contributed by atoms with van der Waals surface area (Å²) in [4.78, 5) is 15.4. The Labute approximate surface area is 134 Å². The number of nitrogens with one attached hydrogen (secondary N) is 1. The smallest absolute Gasteiger partial charge is 0.260 e. The van der Waals surface area contributed by atoms with Gasteiger partial charge in [-0.15, -0.1) is 0 Å². The number of benzene rings is 1. The molecule has 5 nitrogen and oxygen atoms in total. The average molecular weight is 350 g/mol. The summed E-state index contributed by atoms with van der Waals surface area (Å²) < 4.78 is 14.8. The number of aromatic nitrogens is 2. The van der Waals surface area contributed by atoms with Gasteiger partial charge in [0, 0.05) is 5.56 Å². The second kappa shape index (κ2) is 6.89. The maximum Gasteiger partial charge on any atom is 0.260 e. The van der Waals surface area contributed by atoms with E-state index in [-0.39, 0.29) is 27.4 Å². The van der Waals surface area contributed by atoms with Crippen LogP contribution in [-0.4, -0.2) is 21.7 Å². The molecule has 0 aliphatic heterocycles. The van der Waals surface area contributed by atoms with Crippen LogP contribution in [0.2, 0.25) is 15.3 Å². The van der Waals surface area contributed by atoms with Crippen LogP contribution in [0.3, 0.4) is 0 Å². The number of carbonyl (C=O) groups excluding carboxylic acids is 1. The van der Waals surface area contributed by atoms with Gasteiger partial charge < -0.3 is 4.57 Å². The molecule has 1 N–H and O–H groups in total. The Kier molecular flexibility index (Phi) is 5.17. The zero-order valence-electron chi connectivity index (χ0n) is 10.4. The van der Waals surface area contributed by atoms with Crippen LogP contribution in [0.15, 0.2) is 29.6 Å². The van der Waals surface area contributed by atoms with Gasteiger partial charge in [-0.05, 0) is 12.1 Å². The van der Waals surface area contributed by atoms with Crippen LogP contribution in [0.5, 0.6) is 0 Å². The Morgan fingerprint density at radius 3 is 2.81 bits per heavy atom. The van der Waals surface area contributed by atoms with Crippen molar-refractivity contribution in [2.24, 2.45) is 5.10 Å². The fourth-order valence-corrected chi connectivity index (χ4v) is 1.96. The van der Waals surface area contributed by atoms with Crippen molar-refractivity contribution >= 4 is 46.9 Å². The number of hydrogen-bond donors (Lipinski definition) is 1. The minimum Gasteiger partial charge on any atom is -0.311 e. The van der Waals surface area contributed by atoms with E-state index in [0.717, 1.165) is 6.21 Å². The number of nitrogens with zero attached hydrogens (tertiary/aromatic N) is 3. The summed E-state index contributed by atoms with van der Waals surface area (Å²) in [5.41, 5.74) is 2.31. The monoisotopic (exact) mass is 348 g/mol. The van der Waals surface area contributed by atoms with Gasteiger partial charge in [-0.1, -0.05) is 40.9 Å². The molecule has 0 aliphatic carbocycles. The molecule has 0 saturated heterocycles. The van der Waals surface area contributed by atoms with E-state index in [9.17, 15) is 9.18 Å². The van der Waals surface area contributed by atoms with Gasteiger partial charge in [0.25, 0.3) is 5.91 Å². The van der Waals surface area contributed by atoms with Crippen LogP contribution in [-0.2, 0) is 11.3 Å². The molecule has 21 heavy (non-hydrogen) atoms. The highest BCUT2D eigenvalue weighted by Gasteiger charge is 2.09.